The summed E-state index contributed by atoms with van der Waals surface area (Å²) in [7, 11) is 3.72. The van der Waals surface area contributed by atoms with Crippen LogP contribution in [-0.4, -0.2) is 53.7 Å². The van der Waals surface area contributed by atoms with Gasteiger partial charge in [-0.05, 0) is 32.7 Å². The number of nitrogens with one attached hydrogen (secondary N) is 1. The molecular formula is C13H27NO3. The quantitative estimate of drug-likeness (QED) is 0.624. The summed E-state index contributed by atoms with van der Waals surface area (Å²) in [6, 6.07) is 0. The van der Waals surface area contributed by atoms with E-state index >= 15 is 0 Å². The highest BCUT2D eigenvalue weighted by Crippen LogP contribution is 2.32. The topological polar surface area (TPSA) is 39.7 Å². The molecule has 0 saturated carbocycles. The van der Waals surface area contributed by atoms with E-state index in [2.05, 4.69) is 5.32 Å². The largest absolute Gasteiger partial charge is 0.382 e. The van der Waals surface area contributed by atoms with Gasteiger partial charge >= 0.3 is 0 Å². The first kappa shape index (κ1) is 14.9. The lowest BCUT2D eigenvalue weighted by molar-refractivity contribution is -0.0174. The Hall–Kier alpha value is -0.160. The minimum atomic E-state index is 0.331. The molecule has 1 atom stereocenters. The molecule has 102 valence electrons. The van der Waals surface area contributed by atoms with Crippen LogP contribution in [0.25, 0.3) is 0 Å². The van der Waals surface area contributed by atoms with Gasteiger partial charge in [-0.3, -0.25) is 0 Å². The lowest BCUT2D eigenvalue weighted by Crippen LogP contribution is -2.40. The SMILES string of the molecule is CNCC1(CCCOCCOC)CCCOC1. The summed E-state index contributed by atoms with van der Waals surface area (Å²) in [4.78, 5) is 0. The Morgan fingerprint density at radius 3 is 2.82 bits per heavy atom. The summed E-state index contributed by atoms with van der Waals surface area (Å²) in [6.45, 7) is 5.08. The number of ether oxygens (including phenoxy) is 3. The first-order valence-corrected chi connectivity index (χ1v) is 6.62. The number of hydrogen-bond donors (Lipinski definition) is 1. The predicted octanol–water partition coefficient (Wildman–Crippen LogP) is 1.45. The van der Waals surface area contributed by atoms with Crippen molar-refractivity contribution in [2.45, 2.75) is 25.7 Å². The molecule has 0 aromatic carbocycles. The summed E-state index contributed by atoms with van der Waals surface area (Å²) in [5.74, 6) is 0. The standard InChI is InChI=1S/C13H27NO3/c1-14-11-13(6-4-8-17-12-13)5-3-7-16-10-9-15-2/h14H,3-12H2,1-2H3. The fourth-order valence-corrected chi connectivity index (χ4v) is 2.50. The van der Waals surface area contributed by atoms with Crippen LogP contribution in [-0.2, 0) is 14.2 Å². The summed E-state index contributed by atoms with van der Waals surface area (Å²) in [5, 5.41) is 3.30. The maximum atomic E-state index is 5.63. The van der Waals surface area contributed by atoms with Gasteiger partial charge in [0.05, 0.1) is 19.8 Å². The molecule has 0 aromatic heterocycles. The molecule has 1 rings (SSSR count). The van der Waals surface area contributed by atoms with E-state index in [4.69, 9.17) is 14.2 Å². The molecule has 0 aromatic rings. The monoisotopic (exact) mass is 245 g/mol. The Balaban J connectivity index is 2.15. The van der Waals surface area contributed by atoms with Gasteiger partial charge in [0.1, 0.15) is 0 Å². The third kappa shape index (κ3) is 5.82. The van der Waals surface area contributed by atoms with E-state index in [0.29, 0.717) is 18.6 Å². The second kappa shape index (κ2) is 8.86. The normalized spacial score (nSPS) is 25.1. The van der Waals surface area contributed by atoms with Gasteiger partial charge < -0.3 is 19.5 Å². The molecule has 1 heterocycles. The minimum absolute atomic E-state index is 0.331. The van der Waals surface area contributed by atoms with E-state index in [0.717, 1.165) is 32.8 Å². The highest BCUT2D eigenvalue weighted by molar-refractivity contribution is 4.83. The average Bonchev–Trinajstić information content (AvgIpc) is 2.35. The van der Waals surface area contributed by atoms with Crippen molar-refractivity contribution in [3.8, 4) is 0 Å². The summed E-state index contributed by atoms with van der Waals surface area (Å²) < 4.78 is 16.1. The van der Waals surface area contributed by atoms with Crippen molar-refractivity contribution in [1.29, 1.82) is 0 Å². The third-order valence-corrected chi connectivity index (χ3v) is 3.38. The Morgan fingerprint density at radius 1 is 1.29 bits per heavy atom. The second-order valence-electron chi connectivity index (χ2n) is 4.90. The van der Waals surface area contributed by atoms with Gasteiger partial charge in [-0.1, -0.05) is 0 Å². The van der Waals surface area contributed by atoms with E-state index in [1.807, 2.05) is 7.05 Å². The third-order valence-electron chi connectivity index (χ3n) is 3.38. The smallest absolute Gasteiger partial charge is 0.0700 e. The van der Waals surface area contributed by atoms with Crippen molar-refractivity contribution in [3.63, 3.8) is 0 Å². The number of methoxy groups -OCH3 is 1. The molecule has 0 radical (unpaired) electrons. The van der Waals surface area contributed by atoms with E-state index in [-0.39, 0.29) is 0 Å². The van der Waals surface area contributed by atoms with Crippen molar-refractivity contribution in [2.75, 3.05) is 53.7 Å². The fourth-order valence-electron chi connectivity index (χ4n) is 2.50. The van der Waals surface area contributed by atoms with Crippen LogP contribution >= 0.6 is 0 Å². The van der Waals surface area contributed by atoms with Gasteiger partial charge in [-0.25, -0.2) is 0 Å². The van der Waals surface area contributed by atoms with Crippen molar-refractivity contribution >= 4 is 0 Å². The summed E-state index contributed by atoms with van der Waals surface area (Å²) >= 11 is 0. The van der Waals surface area contributed by atoms with Gasteiger partial charge in [0, 0.05) is 32.3 Å². The van der Waals surface area contributed by atoms with Gasteiger partial charge in [-0.15, -0.1) is 0 Å². The Labute approximate surface area is 105 Å². The molecule has 17 heavy (non-hydrogen) atoms. The zero-order valence-electron chi connectivity index (χ0n) is 11.3. The van der Waals surface area contributed by atoms with Crippen molar-refractivity contribution in [2.24, 2.45) is 5.41 Å². The van der Waals surface area contributed by atoms with Gasteiger partial charge in [0.2, 0.25) is 0 Å². The Morgan fingerprint density at radius 2 is 2.18 bits per heavy atom. The molecule has 0 bridgehead atoms. The zero-order valence-corrected chi connectivity index (χ0v) is 11.3. The van der Waals surface area contributed by atoms with E-state index in [1.54, 1.807) is 7.11 Å². The second-order valence-corrected chi connectivity index (χ2v) is 4.90. The highest BCUT2D eigenvalue weighted by atomic mass is 16.5. The molecule has 1 fully saturated rings. The number of rotatable bonds is 9. The maximum absolute atomic E-state index is 5.63. The van der Waals surface area contributed by atoms with Crippen LogP contribution < -0.4 is 5.32 Å². The lowest BCUT2D eigenvalue weighted by atomic mass is 9.78. The molecule has 0 amide bonds. The first-order valence-electron chi connectivity index (χ1n) is 6.62. The molecule has 1 saturated heterocycles. The van der Waals surface area contributed by atoms with Crippen molar-refractivity contribution in [1.82, 2.24) is 5.32 Å². The molecule has 1 aliphatic rings. The Kier molecular flexibility index (Phi) is 7.77. The minimum Gasteiger partial charge on any atom is -0.382 e. The average molecular weight is 245 g/mol. The summed E-state index contributed by atoms with van der Waals surface area (Å²) in [5.41, 5.74) is 0.331. The zero-order chi connectivity index (χ0) is 12.4. The van der Waals surface area contributed by atoms with Gasteiger partial charge in [0.25, 0.3) is 0 Å². The summed E-state index contributed by atoms with van der Waals surface area (Å²) in [6.07, 6.45) is 4.74. The molecule has 0 spiro atoms. The molecule has 1 unspecified atom stereocenters. The van der Waals surface area contributed by atoms with Gasteiger partial charge in [0.15, 0.2) is 0 Å². The van der Waals surface area contributed by atoms with Crippen LogP contribution in [0.5, 0.6) is 0 Å². The molecule has 0 aliphatic carbocycles. The van der Waals surface area contributed by atoms with E-state index < -0.39 is 0 Å². The Bertz CT molecular complexity index is 176. The van der Waals surface area contributed by atoms with E-state index in [9.17, 15) is 0 Å². The van der Waals surface area contributed by atoms with Crippen molar-refractivity contribution < 1.29 is 14.2 Å². The first-order chi connectivity index (χ1) is 8.33. The van der Waals surface area contributed by atoms with Gasteiger partial charge in [-0.2, -0.15) is 0 Å². The van der Waals surface area contributed by atoms with Crippen LogP contribution in [0.3, 0.4) is 0 Å². The van der Waals surface area contributed by atoms with E-state index in [1.165, 1.54) is 19.3 Å². The fraction of sp³-hybridized carbons (Fsp3) is 1.00. The maximum Gasteiger partial charge on any atom is 0.0700 e. The molecule has 1 aliphatic heterocycles. The molecule has 1 N–H and O–H groups in total. The molecular weight excluding hydrogens is 218 g/mol. The van der Waals surface area contributed by atoms with Crippen LogP contribution in [0.2, 0.25) is 0 Å². The molecule has 4 nitrogen and oxygen atoms in total. The van der Waals surface area contributed by atoms with Crippen LogP contribution in [0, 0.1) is 5.41 Å². The van der Waals surface area contributed by atoms with Crippen LogP contribution in [0.4, 0.5) is 0 Å². The number of hydrogen-bond acceptors (Lipinski definition) is 4. The highest BCUT2D eigenvalue weighted by Gasteiger charge is 2.31. The van der Waals surface area contributed by atoms with Crippen molar-refractivity contribution in [3.05, 3.63) is 0 Å². The van der Waals surface area contributed by atoms with Crippen LogP contribution in [0.1, 0.15) is 25.7 Å². The lowest BCUT2D eigenvalue weighted by Gasteiger charge is -2.37. The molecule has 4 heteroatoms. The van der Waals surface area contributed by atoms with Crippen LogP contribution in [0.15, 0.2) is 0 Å². The predicted molar refractivity (Wildman–Crippen MR) is 68.3 cm³/mol.